The van der Waals surface area contributed by atoms with Crippen LogP contribution in [0, 0.1) is 19.7 Å². The number of carbonyl (C=O) groups is 1. The lowest BCUT2D eigenvalue weighted by atomic mass is 10.1. The van der Waals surface area contributed by atoms with Gasteiger partial charge in [-0.05, 0) is 71.2 Å². The number of rotatable bonds is 2. The van der Waals surface area contributed by atoms with Crippen molar-refractivity contribution in [2.24, 2.45) is 0 Å². The molecule has 2 nitrogen and oxygen atoms in total. The standard InChI is InChI=1S/C15H13BrFNO/c1-9-3-4-11(7-10(9)2)15(19)18-14-8-12(17)5-6-13(14)16/h3-8H,1-2H3,(H,18,19). The molecule has 19 heavy (non-hydrogen) atoms. The van der Waals surface area contributed by atoms with E-state index in [1.807, 2.05) is 26.0 Å². The van der Waals surface area contributed by atoms with Crippen LogP contribution in [0.2, 0.25) is 0 Å². The molecule has 1 amide bonds. The summed E-state index contributed by atoms with van der Waals surface area (Å²) in [5.74, 6) is -0.645. The maximum Gasteiger partial charge on any atom is 0.255 e. The van der Waals surface area contributed by atoms with E-state index in [9.17, 15) is 9.18 Å². The first-order chi connectivity index (χ1) is 8.97. The lowest BCUT2D eigenvalue weighted by Gasteiger charge is -2.09. The molecule has 0 saturated heterocycles. The van der Waals surface area contributed by atoms with Gasteiger partial charge in [-0.15, -0.1) is 0 Å². The second-order valence-electron chi connectivity index (χ2n) is 4.38. The zero-order valence-corrected chi connectivity index (χ0v) is 12.2. The van der Waals surface area contributed by atoms with E-state index >= 15 is 0 Å². The summed E-state index contributed by atoms with van der Waals surface area (Å²) in [5.41, 5.74) is 3.15. The molecule has 0 saturated carbocycles. The Balaban J connectivity index is 2.25. The normalized spacial score (nSPS) is 10.3. The molecular formula is C15H13BrFNO. The molecule has 0 aliphatic carbocycles. The number of amides is 1. The number of hydrogen-bond acceptors (Lipinski definition) is 1. The minimum absolute atomic E-state index is 0.255. The van der Waals surface area contributed by atoms with Crippen LogP contribution in [0.3, 0.4) is 0 Å². The molecule has 0 aliphatic heterocycles. The Labute approximate surface area is 119 Å². The highest BCUT2D eigenvalue weighted by molar-refractivity contribution is 9.10. The summed E-state index contributed by atoms with van der Waals surface area (Å²) in [6, 6.07) is 9.64. The summed E-state index contributed by atoms with van der Waals surface area (Å²) >= 11 is 3.28. The van der Waals surface area contributed by atoms with Crippen LogP contribution in [0.25, 0.3) is 0 Å². The van der Waals surface area contributed by atoms with E-state index in [-0.39, 0.29) is 5.91 Å². The Bertz CT molecular complexity index is 640. The predicted molar refractivity (Wildman–Crippen MR) is 78.0 cm³/mol. The largest absolute Gasteiger partial charge is 0.321 e. The van der Waals surface area contributed by atoms with Crippen LogP contribution < -0.4 is 5.32 Å². The number of nitrogens with one attached hydrogen (secondary N) is 1. The topological polar surface area (TPSA) is 29.1 Å². The smallest absolute Gasteiger partial charge is 0.255 e. The van der Waals surface area contributed by atoms with Gasteiger partial charge in [0.15, 0.2) is 0 Å². The molecule has 98 valence electrons. The van der Waals surface area contributed by atoms with E-state index in [1.54, 1.807) is 12.1 Å². The van der Waals surface area contributed by atoms with Crippen molar-refractivity contribution in [3.05, 3.63) is 63.4 Å². The van der Waals surface area contributed by atoms with Crippen LogP contribution >= 0.6 is 15.9 Å². The first kappa shape index (κ1) is 13.7. The summed E-state index contributed by atoms with van der Waals surface area (Å²) < 4.78 is 13.8. The Hall–Kier alpha value is -1.68. The maximum atomic E-state index is 13.1. The zero-order chi connectivity index (χ0) is 14.0. The lowest BCUT2D eigenvalue weighted by molar-refractivity contribution is 0.102. The summed E-state index contributed by atoms with van der Waals surface area (Å²) in [6.45, 7) is 3.93. The monoisotopic (exact) mass is 321 g/mol. The molecule has 0 atom stereocenters. The molecule has 0 fully saturated rings. The molecule has 2 aromatic carbocycles. The molecule has 0 heterocycles. The summed E-state index contributed by atoms with van der Waals surface area (Å²) in [4.78, 5) is 12.1. The van der Waals surface area contributed by atoms with Gasteiger partial charge >= 0.3 is 0 Å². The third kappa shape index (κ3) is 3.20. The van der Waals surface area contributed by atoms with Crippen molar-refractivity contribution in [1.29, 1.82) is 0 Å². The van der Waals surface area contributed by atoms with Gasteiger partial charge in [0.25, 0.3) is 5.91 Å². The van der Waals surface area contributed by atoms with Gasteiger partial charge in [-0.25, -0.2) is 4.39 Å². The Morgan fingerprint density at radius 1 is 1.11 bits per heavy atom. The molecule has 0 radical (unpaired) electrons. The third-order valence-electron chi connectivity index (χ3n) is 2.95. The summed E-state index contributed by atoms with van der Waals surface area (Å²) in [7, 11) is 0. The first-order valence-electron chi connectivity index (χ1n) is 5.81. The molecule has 1 N–H and O–H groups in total. The van der Waals surface area contributed by atoms with Crippen LogP contribution in [0.4, 0.5) is 10.1 Å². The highest BCUT2D eigenvalue weighted by atomic mass is 79.9. The molecule has 0 aliphatic rings. The number of aryl methyl sites for hydroxylation is 2. The number of anilines is 1. The van der Waals surface area contributed by atoms with Crippen LogP contribution in [0.15, 0.2) is 40.9 Å². The molecule has 4 heteroatoms. The van der Waals surface area contributed by atoms with Gasteiger partial charge in [0, 0.05) is 10.0 Å². The Morgan fingerprint density at radius 3 is 2.53 bits per heavy atom. The molecule has 2 aromatic rings. The van der Waals surface area contributed by atoms with Gasteiger partial charge in [0.2, 0.25) is 0 Å². The molecule has 0 bridgehead atoms. The SMILES string of the molecule is Cc1ccc(C(=O)Nc2cc(F)ccc2Br)cc1C. The Morgan fingerprint density at radius 2 is 1.84 bits per heavy atom. The van der Waals surface area contributed by atoms with Gasteiger partial charge in [-0.1, -0.05) is 6.07 Å². The Kier molecular flexibility index (Phi) is 4.00. The van der Waals surface area contributed by atoms with E-state index in [0.717, 1.165) is 11.1 Å². The molecular weight excluding hydrogens is 309 g/mol. The average Bonchev–Trinajstić information content (AvgIpc) is 2.37. The van der Waals surface area contributed by atoms with Crippen LogP contribution in [0.1, 0.15) is 21.5 Å². The van der Waals surface area contributed by atoms with Crippen LogP contribution in [0.5, 0.6) is 0 Å². The molecule has 0 aromatic heterocycles. The van der Waals surface area contributed by atoms with Crippen LogP contribution in [-0.4, -0.2) is 5.91 Å². The van der Waals surface area contributed by atoms with Gasteiger partial charge in [0.1, 0.15) is 5.82 Å². The van der Waals surface area contributed by atoms with E-state index in [1.165, 1.54) is 12.1 Å². The van der Waals surface area contributed by atoms with Crippen molar-refractivity contribution >= 4 is 27.5 Å². The van der Waals surface area contributed by atoms with Crippen molar-refractivity contribution in [2.45, 2.75) is 13.8 Å². The van der Waals surface area contributed by atoms with Crippen LogP contribution in [-0.2, 0) is 0 Å². The minimum Gasteiger partial charge on any atom is -0.321 e. The van der Waals surface area contributed by atoms with Crippen molar-refractivity contribution in [2.75, 3.05) is 5.32 Å². The van der Waals surface area contributed by atoms with Crippen molar-refractivity contribution in [3.8, 4) is 0 Å². The minimum atomic E-state index is -0.390. The fourth-order valence-electron chi connectivity index (χ4n) is 1.67. The van der Waals surface area contributed by atoms with E-state index in [0.29, 0.717) is 15.7 Å². The molecule has 0 unspecified atom stereocenters. The predicted octanol–water partition coefficient (Wildman–Crippen LogP) is 4.46. The van der Waals surface area contributed by atoms with Crippen molar-refractivity contribution < 1.29 is 9.18 Å². The van der Waals surface area contributed by atoms with Crippen molar-refractivity contribution in [1.82, 2.24) is 0 Å². The summed E-state index contributed by atoms with van der Waals surface area (Å²) in [5, 5.41) is 2.69. The highest BCUT2D eigenvalue weighted by Crippen LogP contribution is 2.23. The fourth-order valence-corrected chi connectivity index (χ4v) is 2.02. The van der Waals surface area contributed by atoms with E-state index < -0.39 is 5.82 Å². The molecule has 0 spiro atoms. The number of halogens is 2. The number of carbonyl (C=O) groups excluding carboxylic acids is 1. The quantitative estimate of drug-likeness (QED) is 0.869. The van der Waals surface area contributed by atoms with Gasteiger partial charge in [-0.2, -0.15) is 0 Å². The average molecular weight is 322 g/mol. The second-order valence-corrected chi connectivity index (χ2v) is 5.23. The summed E-state index contributed by atoms with van der Waals surface area (Å²) in [6.07, 6.45) is 0. The fraction of sp³-hybridized carbons (Fsp3) is 0.133. The van der Waals surface area contributed by atoms with Gasteiger partial charge in [0.05, 0.1) is 5.69 Å². The highest BCUT2D eigenvalue weighted by Gasteiger charge is 2.09. The number of benzene rings is 2. The molecule has 2 rings (SSSR count). The van der Waals surface area contributed by atoms with E-state index in [4.69, 9.17) is 0 Å². The third-order valence-corrected chi connectivity index (χ3v) is 3.64. The second kappa shape index (κ2) is 5.53. The van der Waals surface area contributed by atoms with Gasteiger partial charge < -0.3 is 5.32 Å². The first-order valence-corrected chi connectivity index (χ1v) is 6.60. The lowest BCUT2D eigenvalue weighted by Crippen LogP contribution is -2.12. The maximum absolute atomic E-state index is 13.1. The van der Waals surface area contributed by atoms with Crippen molar-refractivity contribution in [3.63, 3.8) is 0 Å². The van der Waals surface area contributed by atoms with Gasteiger partial charge in [-0.3, -0.25) is 4.79 Å². The number of hydrogen-bond donors (Lipinski definition) is 1. The van der Waals surface area contributed by atoms with E-state index in [2.05, 4.69) is 21.2 Å². The zero-order valence-electron chi connectivity index (χ0n) is 10.6.